The van der Waals surface area contributed by atoms with E-state index in [9.17, 15) is 14.0 Å². The summed E-state index contributed by atoms with van der Waals surface area (Å²) >= 11 is 0. The van der Waals surface area contributed by atoms with Crippen LogP contribution < -0.4 is 10.2 Å². The second-order valence-corrected chi connectivity index (χ2v) is 7.22. The first kappa shape index (κ1) is 19.1. The lowest BCUT2D eigenvalue weighted by Gasteiger charge is -2.23. The molecule has 1 saturated heterocycles. The van der Waals surface area contributed by atoms with Crippen LogP contribution >= 0.6 is 0 Å². The molecule has 2 aromatic carbocycles. The van der Waals surface area contributed by atoms with Crippen LogP contribution in [0.25, 0.3) is 0 Å². The number of carbonyl (C=O) groups excluding carboxylic acids is 2. The highest BCUT2D eigenvalue weighted by Gasteiger charge is 2.36. The standard InChI is InChI=1S/C22H25FN2O2/c1-4-14(2)18-7-5-6-8-20(18)25-13-16(11-21(25)26)22(27)24-19-12-17(23)10-9-15(19)3/h5-10,12,14,16H,4,11,13H2,1-3H3,(H,24,27)/t14-,16-/m1/s1. The van der Waals surface area contributed by atoms with Crippen molar-refractivity contribution in [2.24, 2.45) is 5.92 Å². The van der Waals surface area contributed by atoms with Crippen molar-refractivity contribution < 1.29 is 14.0 Å². The molecule has 0 spiro atoms. The second kappa shape index (κ2) is 7.91. The van der Waals surface area contributed by atoms with Gasteiger partial charge in [0, 0.05) is 24.3 Å². The van der Waals surface area contributed by atoms with E-state index >= 15 is 0 Å². The average molecular weight is 368 g/mol. The van der Waals surface area contributed by atoms with Crippen LogP contribution in [0.2, 0.25) is 0 Å². The molecule has 2 atom stereocenters. The van der Waals surface area contributed by atoms with Gasteiger partial charge in [0.15, 0.2) is 0 Å². The van der Waals surface area contributed by atoms with E-state index in [-0.39, 0.29) is 18.2 Å². The fourth-order valence-electron chi connectivity index (χ4n) is 3.45. The van der Waals surface area contributed by atoms with Crippen LogP contribution in [0.15, 0.2) is 42.5 Å². The van der Waals surface area contributed by atoms with Crippen LogP contribution in [0.1, 0.15) is 43.7 Å². The lowest BCUT2D eigenvalue weighted by molar-refractivity contribution is -0.122. The largest absolute Gasteiger partial charge is 0.325 e. The molecule has 3 rings (SSSR count). The molecule has 1 aliphatic heterocycles. The van der Waals surface area contributed by atoms with Crippen molar-refractivity contribution in [2.75, 3.05) is 16.8 Å². The van der Waals surface area contributed by atoms with Gasteiger partial charge in [0.1, 0.15) is 5.82 Å². The Kier molecular flexibility index (Phi) is 5.59. The Morgan fingerprint density at radius 1 is 1.30 bits per heavy atom. The molecule has 0 bridgehead atoms. The number of rotatable bonds is 5. The van der Waals surface area contributed by atoms with Crippen LogP contribution in [0.3, 0.4) is 0 Å². The molecule has 2 amide bonds. The average Bonchev–Trinajstić information content (AvgIpc) is 3.05. The van der Waals surface area contributed by atoms with Gasteiger partial charge in [0.2, 0.25) is 11.8 Å². The maximum absolute atomic E-state index is 13.5. The van der Waals surface area contributed by atoms with E-state index in [1.54, 1.807) is 11.0 Å². The molecule has 27 heavy (non-hydrogen) atoms. The molecule has 0 saturated carbocycles. The highest BCUT2D eigenvalue weighted by atomic mass is 19.1. The second-order valence-electron chi connectivity index (χ2n) is 7.22. The van der Waals surface area contributed by atoms with Gasteiger partial charge in [0.05, 0.1) is 5.92 Å². The lowest BCUT2D eigenvalue weighted by atomic mass is 9.96. The predicted molar refractivity (Wildman–Crippen MR) is 105 cm³/mol. The number of halogens is 1. The number of hydrogen-bond acceptors (Lipinski definition) is 2. The fourth-order valence-corrected chi connectivity index (χ4v) is 3.45. The molecule has 1 fully saturated rings. The molecule has 5 heteroatoms. The van der Waals surface area contributed by atoms with E-state index in [1.807, 2.05) is 31.2 Å². The van der Waals surface area contributed by atoms with Crippen molar-refractivity contribution in [3.05, 3.63) is 59.4 Å². The summed E-state index contributed by atoms with van der Waals surface area (Å²) in [4.78, 5) is 27.0. The third kappa shape index (κ3) is 4.02. The number of hydrogen-bond donors (Lipinski definition) is 1. The van der Waals surface area contributed by atoms with E-state index in [2.05, 4.69) is 19.2 Å². The summed E-state index contributed by atoms with van der Waals surface area (Å²) in [5.74, 6) is -0.827. The number of benzene rings is 2. The Hall–Kier alpha value is -2.69. The van der Waals surface area contributed by atoms with Gasteiger partial charge in [-0.15, -0.1) is 0 Å². The zero-order chi connectivity index (χ0) is 19.6. The van der Waals surface area contributed by atoms with Crippen LogP contribution in [0.5, 0.6) is 0 Å². The maximum atomic E-state index is 13.5. The number of carbonyl (C=O) groups is 2. The number of anilines is 2. The molecule has 1 heterocycles. The molecule has 0 radical (unpaired) electrons. The van der Waals surface area contributed by atoms with Crippen molar-refractivity contribution in [3.63, 3.8) is 0 Å². The van der Waals surface area contributed by atoms with Crippen molar-refractivity contribution in [1.82, 2.24) is 0 Å². The summed E-state index contributed by atoms with van der Waals surface area (Å²) in [6.45, 7) is 6.40. The van der Waals surface area contributed by atoms with E-state index in [4.69, 9.17) is 0 Å². The van der Waals surface area contributed by atoms with Gasteiger partial charge >= 0.3 is 0 Å². The van der Waals surface area contributed by atoms with Crippen molar-refractivity contribution in [1.29, 1.82) is 0 Å². The van der Waals surface area contributed by atoms with Gasteiger partial charge in [-0.1, -0.05) is 38.1 Å². The molecule has 0 aliphatic carbocycles. The summed E-state index contributed by atoms with van der Waals surface area (Å²) in [6.07, 6.45) is 1.14. The van der Waals surface area contributed by atoms with E-state index < -0.39 is 11.7 Å². The lowest BCUT2D eigenvalue weighted by Crippen LogP contribution is -2.29. The molecule has 142 valence electrons. The zero-order valence-electron chi connectivity index (χ0n) is 16.0. The summed E-state index contributed by atoms with van der Waals surface area (Å²) in [5, 5.41) is 2.78. The smallest absolute Gasteiger partial charge is 0.229 e. The quantitative estimate of drug-likeness (QED) is 0.836. The molecule has 1 N–H and O–H groups in total. The van der Waals surface area contributed by atoms with Gasteiger partial charge < -0.3 is 10.2 Å². The highest BCUT2D eigenvalue weighted by Crippen LogP contribution is 2.33. The molecule has 2 aromatic rings. The molecule has 0 unspecified atom stereocenters. The minimum Gasteiger partial charge on any atom is -0.325 e. The fraction of sp³-hybridized carbons (Fsp3) is 0.364. The minimum atomic E-state index is -0.454. The van der Waals surface area contributed by atoms with E-state index in [0.29, 0.717) is 18.2 Å². The normalized spacial score (nSPS) is 17.9. The predicted octanol–water partition coefficient (Wildman–Crippen LogP) is 4.64. The topological polar surface area (TPSA) is 49.4 Å². The molecular formula is C22H25FN2O2. The molecular weight excluding hydrogens is 343 g/mol. The van der Waals surface area contributed by atoms with Gasteiger partial charge in [-0.3, -0.25) is 9.59 Å². The summed E-state index contributed by atoms with van der Waals surface area (Å²) < 4.78 is 13.5. The summed E-state index contributed by atoms with van der Waals surface area (Å²) in [7, 11) is 0. The van der Waals surface area contributed by atoms with Crippen molar-refractivity contribution in [2.45, 2.75) is 39.5 Å². The minimum absolute atomic E-state index is 0.0538. The number of nitrogens with zero attached hydrogens (tertiary/aromatic N) is 1. The number of nitrogens with one attached hydrogen (secondary N) is 1. The Morgan fingerprint density at radius 3 is 2.78 bits per heavy atom. The van der Waals surface area contributed by atoms with Crippen LogP contribution in [0, 0.1) is 18.7 Å². The Balaban J connectivity index is 1.78. The van der Waals surface area contributed by atoms with Crippen LogP contribution in [-0.2, 0) is 9.59 Å². The van der Waals surface area contributed by atoms with Gasteiger partial charge in [-0.25, -0.2) is 4.39 Å². The maximum Gasteiger partial charge on any atom is 0.229 e. The summed E-state index contributed by atoms with van der Waals surface area (Å²) in [5.41, 5.74) is 3.24. The van der Waals surface area contributed by atoms with Gasteiger partial charge in [0.25, 0.3) is 0 Å². The van der Waals surface area contributed by atoms with Crippen LogP contribution in [0.4, 0.5) is 15.8 Å². The first-order valence-electron chi connectivity index (χ1n) is 9.37. The van der Waals surface area contributed by atoms with Gasteiger partial charge in [-0.2, -0.15) is 0 Å². The van der Waals surface area contributed by atoms with Crippen molar-refractivity contribution in [3.8, 4) is 0 Å². The van der Waals surface area contributed by atoms with E-state index in [0.717, 1.165) is 23.2 Å². The number of para-hydroxylation sites is 1. The zero-order valence-corrected chi connectivity index (χ0v) is 16.0. The SMILES string of the molecule is CC[C@@H](C)c1ccccc1N1C[C@H](C(=O)Nc2cc(F)ccc2C)CC1=O. The van der Waals surface area contributed by atoms with Gasteiger partial charge in [-0.05, 0) is 48.6 Å². The first-order chi connectivity index (χ1) is 12.9. The van der Waals surface area contributed by atoms with E-state index in [1.165, 1.54) is 12.1 Å². The Bertz CT molecular complexity index is 865. The first-order valence-corrected chi connectivity index (χ1v) is 9.37. The molecule has 0 aromatic heterocycles. The number of amides is 2. The van der Waals surface area contributed by atoms with Crippen molar-refractivity contribution >= 4 is 23.2 Å². The molecule has 1 aliphatic rings. The Morgan fingerprint density at radius 2 is 2.04 bits per heavy atom. The third-order valence-corrected chi connectivity index (χ3v) is 5.32. The third-order valence-electron chi connectivity index (χ3n) is 5.32. The molecule has 4 nitrogen and oxygen atoms in total. The monoisotopic (exact) mass is 368 g/mol. The van der Waals surface area contributed by atoms with Crippen LogP contribution in [-0.4, -0.2) is 18.4 Å². The number of aryl methyl sites for hydroxylation is 1. The summed E-state index contributed by atoms with van der Waals surface area (Å²) in [6, 6.07) is 12.2. The Labute approximate surface area is 159 Å². The highest BCUT2D eigenvalue weighted by molar-refractivity contribution is 6.04.